The van der Waals surface area contributed by atoms with E-state index >= 15 is 0 Å². The Hall–Kier alpha value is -1.54. The van der Waals surface area contributed by atoms with Crippen LogP contribution >= 0.6 is 0 Å². The molecule has 5 nitrogen and oxygen atoms in total. The number of carbonyl (C=O) groups is 1. The second-order valence-electron chi connectivity index (χ2n) is 5.74. The van der Waals surface area contributed by atoms with Crippen LogP contribution in [0.3, 0.4) is 0 Å². The molecule has 2 rings (SSSR count). The molecule has 2 aliphatic heterocycles. The second kappa shape index (κ2) is 7.30. The van der Waals surface area contributed by atoms with Crippen LogP contribution in [0.2, 0.25) is 0 Å². The predicted octanol–water partition coefficient (Wildman–Crippen LogP) is 1.42. The summed E-state index contributed by atoms with van der Waals surface area (Å²) in [6.07, 6.45) is 6.18. The van der Waals surface area contributed by atoms with Gasteiger partial charge < -0.3 is 15.0 Å². The number of piperidine rings is 1. The summed E-state index contributed by atoms with van der Waals surface area (Å²) in [6.45, 7) is 5.31. The van der Waals surface area contributed by atoms with Gasteiger partial charge >= 0.3 is 0 Å². The van der Waals surface area contributed by atoms with Gasteiger partial charge in [-0.2, -0.15) is 5.26 Å². The number of amides is 1. The summed E-state index contributed by atoms with van der Waals surface area (Å²) in [5, 5.41) is 11.9. The van der Waals surface area contributed by atoms with E-state index in [2.05, 4.69) is 17.1 Å². The first-order valence-electron chi connectivity index (χ1n) is 7.45. The molecule has 1 N–H and O–H groups in total. The molecule has 2 unspecified atom stereocenters. The number of nitriles is 1. The maximum Gasteiger partial charge on any atom is 0.263 e. The Bertz CT molecular complexity index is 408. The van der Waals surface area contributed by atoms with E-state index in [4.69, 9.17) is 10.00 Å². The van der Waals surface area contributed by atoms with Crippen LogP contribution < -0.4 is 5.32 Å². The predicted molar refractivity (Wildman–Crippen MR) is 75.7 cm³/mol. The largest absolute Gasteiger partial charge is 0.376 e. The fourth-order valence-corrected chi connectivity index (χ4v) is 2.77. The van der Waals surface area contributed by atoms with Gasteiger partial charge in [0.05, 0.1) is 6.10 Å². The Labute approximate surface area is 120 Å². The molecule has 2 fully saturated rings. The van der Waals surface area contributed by atoms with Crippen molar-refractivity contribution in [1.29, 1.82) is 5.26 Å². The van der Waals surface area contributed by atoms with E-state index in [1.165, 1.54) is 6.42 Å². The van der Waals surface area contributed by atoms with Gasteiger partial charge in [-0.3, -0.25) is 4.79 Å². The summed E-state index contributed by atoms with van der Waals surface area (Å²) in [5.74, 6) is 0.330. The summed E-state index contributed by atoms with van der Waals surface area (Å²) in [7, 11) is 0. The fraction of sp³-hybridized carbons (Fsp3) is 0.733. The number of nitrogens with zero attached hydrogens (tertiary/aromatic N) is 2. The third kappa shape index (κ3) is 4.24. The molecule has 0 bridgehead atoms. The molecule has 5 heteroatoms. The molecule has 1 amide bonds. The third-order valence-corrected chi connectivity index (χ3v) is 3.88. The molecule has 2 heterocycles. The molecule has 0 spiro atoms. The molecule has 2 saturated heterocycles. The van der Waals surface area contributed by atoms with Crippen molar-refractivity contribution >= 4 is 5.91 Å². The van der Waals surface area contributed by atoms with E-state index in [0.29, 0.717) is 12.5 Å². The molecular weight excluding hydrogens is 254 g/mol. The molecule has 0 aromatic heterocycles. The highest BCUT2D eigenvalue weighted by Gasteiger charge is 2.19. The lowest BCUT2D eigenvalue weighted by atomic mass is 10.0. The van der Waals surface area contributed by atoms with Crippen LogP contribution in [0, 0.1) is 17.2 Å². The van der Waals surface area contributed by atoms with Crippen molar-refractivity contribution < 1.29 is 9.53 Å². The number of hydrogen-bond acceptors (Lipinski definition) is 4. The summed E-state index contributed by atoms with van der Waals surface area (Å²) in [6, 6.07) is 2.01. The monoisotopic (exact) mass is 277 g/mol. The van der Waals surface area contributed by atoms with Crippen LogP contribution in [0.5, 0.6) is 0 Å². The molecule has 0 aromatic rings. The van der Waals surface area contributed by atoms with Crippen LogP contribution in [0.4, 0.5) is 0 Å². The number of rotatable bonds is 4. The number of carbonyl (C=O) groups excluding carboxylic acids is 1. The third-order valence-electron chi connectivity index (χ3n) is 3.88. The van der Waals surface area contributed by atoms with Crippen LogP contribution in [0.1, 0.15) is 32.6 Å². The van der Waals surface area contributed by atoms with Gasteiger partial charge in [-0.25, -0.2) is 0 Å². The minimum absolute atomic E-state index is 0.105. The van der Waals surface area contributed by atoms with Crippen molar-refractivity contribution in [3.05, 3.63) is 11.8 Å². The van der Waals surface area contributed by atoms with Gasteiger partial charge in [-0.1, -0.05) is 6.92 Å². The van der Waals surface area contributed by atoms with Gasteiger partial charge in [0.1, 0.15) is 11.6 Å². The normalized spacial score (nSPS) is 27.2. The lowest BCUT2D eigenvalue weighted by molar-refractivity contribution is -0.117. The second-order valence-corrected chi connectivity index (χ2v) is 5.74. The minimum atomic E-state index is -0.291. The van der Waals surface area contributed by atoms with Crippen LogP contribution in [0.25, 0.3) is 0 Å². The first kappa shape index (κ1) is 14.9. The van der Waals surface area contributed by atoms with Crippen molar-refractivity contribution in [1.82, 2.24) is 10.2 Å². The summed E-state index contributed by atoms with van der Waals surface area (Å²) >= 11 is 0. The number of ether oxygens (including phenoxy) is 1. The average molecular weight is 277 g/mol. The molecule has 0 saturated carbocycles. The van der Waals surface area contributed by atoms with Gasteiger partial charge in [-0.05, 0) is 31.6 Å². The smallest absolute Gasteiger partial charge is 0.263 e. The maximum absolute atomic E-state index is 12.0. The molecule has 20 heavy (non-hydrogen) atoms. The topological polar surface area (TPSA) is 65.4 Å². The Kier molecular flexibility index (Phi) is 5.42. The summed E-state index contributed by atoms with van der Waals surface area (Å²) in [4.78, 5) is 14.1. The zero-order valence-electron chi connectivity index (χ0n) is 12.1. The van der Waals surface area contributed by atoms with E-state index < -0.39 is 0 Å². The molecule has 2 aliphatic rings. The van der Waals surface area contributed by atoms with Gasteiger partial charge in [0, 0.05) is 32.4 Å². The molecule has 0 aromatic carbocycles. The maximum atomic E-state index is 12.0. The van der Waals surface area contributed by atoms with Crippen molar-refractivity contribution in [2.45, 2.75) is 38.7 Å². The van der Waals surface area contributed by atoms with E-state index in [9.17, 15) is 4.79 Å². The Morgan fingerprint density at radius 2 is 2.35 bits per heavy atom. The number of likely N-dealkylation sites (tertiary alicyclic amines) is 1. The van der Waals surface area contributed by atoms with Gasteiger partial charge in [0.15, 0.2) is 0 Å². The quantitative estimate of drug-likeness (QED) is 0.623. The van der Waals surface area contributed by atoms with Crippen LogP contribution in [0.15, 0.2) is 11.8 Å². The van der Waals surface area contributed by atoms with Crippen molar-refractivity contribution in [3.8, 4) is 6.07 Å². The summed E-state index contributed by atoms with van der Waals surface area (Å²) < 4.78 is 5.45. The van der Waals surface area contributed by atoms with Gasteiger partial charge in [-0.15, -0.1) is 0 Å². The molecule has 110 valence electrons. The van der Waals surface area contributed by atoms with E-state index in [1.54, 1.807) is 6.20 Å². The average Bonchev–Trinajstić information content (AvgIpc) is 2.95. The first-order chi connectivity index (χ1) is 9.69. The highest BCUT2D eigenvalue weighted by Crippen LogP contribution is 2.16. The van der Waals surface area contributed by atoms with E-state index in [-0.39, 0.29) is 17.6 Å². The highest BCUT2D eigenvalue weighted by molar-refractivity contribution is 5.97. The first-order valence-corrected chi connectivity index (χ1v) is 7.45. The zero-order chi connectivity index (χ0) is 14.4. The van der Waals surface area contributed by atoms with E-state index in [1.807, 2.05) is 6.07 Å². The molecule has 0 radical (unpaired) electrons. The SMILES string of the molecule is CC1CCCN(/C=C(/C#N)C(=O)NCC2CCCO2)C1. The Morgan fingerprint density at radius 1 is 1.50 bits per heavy atom. The molecule has 0 aliphatic carbocycles. The standard InChI is InChI=1S/C15H23N3O2/c1-12-4-2-6-18(10-12)11-13(8-16)15(19)17-9-14-5-3-7-20-14/h11-12,14H,2-7,9-10H2,1H3,(H,17,19)/b13-11-. The van der Waals surface area contributed by atoms with Crippen molar-refractivity contribution in [3.63, 3.8) is 0 Å². The van der Waals surface area contributed by atoms with Crippen molar-refractivity contribution in [2.24, 2.45) is 5.92 Å². The Balaban J connectivity index is 1.86. The van der Waals surface area contributed by atoms with Gasteiger partial charge in [0.2, 0.25) is 0 Å². The highest BCUT2D eigenvalue weighted by atomic mass is 16.5. The number of hydrogen-bond donors (Lipinski definition) is 1. The van der Waals surface area contributed by atoms with E-state index in [0.717, 1.165) is 39.0 Å². The molecule has 2 atom stereocenters. The molecular formula is C15H23N3O2. The van der Waals surface area contributed by atoms with Crippen LogP contribution in [-0.2, 0) is 9.53 Å². The van der Waals surface area contributed by atoms with Crippen molar-refractivity contribution in [2.75, 3.05) is 26.2 Å². The Morgan fingerprint density at radius 3 is 3.00 bits per heavy atom. The fourth-order valence-electron chi connectivity index (χ4n) is 2.77. The number of nitrogens with one attached hydrogen (secondary N) is 1. The minimum Gasteiger partial charge on any atom is -0.376 e. The summed E-state index contributed by atoms with van der Waals surface area (Å²) in [5.41, 5.74) is 0.192. The zero-order valence-corrected chi connectivity index (χ0v) is 12.1. The van der Waals surface area contributed by atoms with Crippen LogP contribution in [-0.4, -0.2) is 43.2 Å². The lowest BCUT2D eigenvalue weighted by Crippen LogP contribution is -2.34. The van der Waals surface area contributed by atoms with Gasteiger partial charge in [0.25, 0.3) is 5.91 Å². The lowest BCUT2D eigenvalue weighted by Gasteiger charge is -2.29.